The highest BCUT2D eigenvalue weighted by Gasteiger charge is 2.30. The van der Waals surface area contributed by atoms with E-state index in [1.165, 1.54) is 18.3 Å². The summed E-state index contributed by atoms with van der Waals surface area (Å²) in [5.41, 5.74) is 11.6. The maximum atomic E-state index is 13.7. The maximum absolute atomic E-state index is 13.7. The van der Waals surface area contributed by atoms with Crippen LogP contribution in [0.1, 0.15) is 5.56 Å². The van der Waals surface area contributed by atoms with Crippen LogP contribution in [-0.4, -0.2) is 5.84 Å². The molecule has 1 aliphatic rings. The van der Waals surface area contributed by atoms with E-state index in [1.54, 1.807) is 12.1 Å². The number of halogens is 2. The molecule has 2 rings (SSSR count). The normalized spacial score (nSPS) is 23.8. The van der Waals surface area contributed by atoms with Crippen LogP contribution in [0.4, 0.5) is 4.39 Å². The Hall–Kier alpha value is -1.59. The summed E-state index contributed by atoms with van der Waals surface area (Å²) in [6.45, 7) is 0. The third-order valence-electron chi connectivity index (χ3n) is 2.20. The highest BCUT2D eigenvalue weighted by atomic mass is 35.5. The Labute approximate surface area is 96.8 Å². The van der Waals surface area contributed by atoms with Crippen molar-refractivity contribution in [2.24, 2.45) is 16.5 Å². The number of benzene rings is 1. The summed E-state index contributed by atoms with van der Waals surface area (Å²) in [5.74, 6) is -1.68. The number of nitrogens with two attached hydrogens (primary N) is 2. The van der Waals surface area contributed by atoms with Gasteiger partial charge in [-0.05, 0) is 24.3 Å². The van der Waals surface area contributed by atoms with Gasteiger partial charge in [-0.1, -0.05) is 11.6 Å². The van der Waals surface area contributed by atoms with Crippen molar-refractivity contribution in [3.05, 3.63) is 46.9 Å². The molecule has 4 nitrogen and oxygen atoms in total. The maximum Gasteiger partial charge on any atom is 0.213 e. The molecule has 16 heavy (non-hydrogen) atoms. The molecule has 1 aliphatic heterocycles. The summed E-state index contributed by atoms with van der Waals surface area (Å²) in [6.07, 6.45) is 3.06. The average molecular weight is 241 g/mol. The van der Waals surface area contributed by atoms with Gasteiger partial charge in [-0.15, -0.1) is 0 Å². The van der Waals surface area contributed by atoms with E-state index in [0.717, 1.165) is 0 Å². The Balaban J connectivity index is 2.48. The van der Waals surface area contributed by atoms with Crippen molar-refractivity contribution in [2.75, 3.05) is 0 Å². The first kappa shape index (κ1) is 10.9. The number of nitrogens with zero attached hydrogens (tertiary/aromatic N) is 1. The second-order valence-corrected chi connectivity index (χ2v) is 3.84. The largest absolute Gasteiger partial charge is 0.384 e. The summed E-state index contributed by atoms with van der Waals surface area (Å²) in [4.78, 5) is 3.97. The van der Waals surface area contributed by atoms with E-state index in [0.29, 0.717) is 5.02 Å². The molecule has 6 heteroatoms. The monoisotopic (exact) mass is 240 g/mol. The van der Waals surface area contributed by atoms with Crippen molar-refractivity contribution in [2.45, 2.75) is 5.79 Å². The molecule has 1 aromatic rings. The molecule has 0 bridgehead atoms. The molecule has 0 saturated carbocycles. The van der Waals surface area contributed by atoms with Crippen LogP contribution < -0.4 is 16.8 Å². The van der Waals surface area contributed by atoms with Gasteiger partial charge in [-0.3, -0.25) is 5.73 Å². The second kappa shape index (κ2) is 3.77. The van der Waals surface area contributed by atoms with Gasteiger partial charge < -0.3 is 11.1 Å². The lowest BCUT2D eigenvalue weighted by atomic mass is 10.1. The fourth-order valence-corrected chi connectivity index (χ4v) is 1.62. The van der Waals surface area contributed by atoms with E-state index in [9.17, 15) is 4.39 Å². The standard InChI is InChI=1S/C10H10ClFN4/c11-6-1-2-7(8(12)5-6)10(14)15-4-3-9(13)16-10/h1-5,15H,14H2,(H2,13,16). The number of rotatable bonds is 1. The molecule has 1 heterocycles. The molecule has 0 amide bonds. The number of amidine groups is 1. The minimum Gasteiger partial charge on any atom is -0.384 e. The van der Waals surface area contributed by atoms with E-state index in [1.807, 2.05) is 0 Å². The summed E-state index contributed by atoms with van der Waals surface area (Å²) >= 11 is 5.65. The van der Waals surface area contributed by atoms with Gasteiger partial charge in [0.05, 0.1) is 5.56 Å². The van der Waals surface area contributed by atoms with Crippen LogP contribution in [0, 0.1) is 5.82 Å². The number of aliphatic imine (C=N–C) groups is 1. The van der Waals surface area contributed by atoms with E-state index in [-0.39, 0.29) is 11.4 Å². The van der Waals surface area contributed by atoms with Crippen LogP contribution in [-0.2, 0) is 5.79 Å². The Morgan fingerprint density at radius 1 is 1.44 bits per heavy atom. The van der Waals surface area contributed by atoms with Gasteiger partial charge in [0.1, 0.15) is 11.7 Å². The second-order valence-electron chi connectivity index (χ2n) is 3.40. The first-order chi connectivity index (χ1) is 7.51. The van der Waals surface area contributed by atoms with Crippen LogP contribution in [0.2, 0.25) is 5.02 Å². The van der Waals surface area contributed by atoms with Crippen molar-refractivity contribution in [3.63, 3.8) is 0 Å². The fourth-order valence-electron chi connectivity index (χ4n) is 1.46. The van der Waals surface area contributed by atoms with E-state index in [2.05, 4.69) is 10.3 Å². The highest BCUT2D eigenvalue weighted by molar-refractivity contribution is 6.30. The molecule has 1 aromatic carbocycles. The van der Waals surface area contributed by atoms with Gasteiger partial charge in [-0.25, -0.2) is 9.38 Å². The average Bonchev–Trinajstić information content (AvgIpc) is 2.16. The van der Waals surface area contributed by atoms with Crippen LogP contribution in [0.5, 0.6) is 0 Å². The molecular weight excluding hydrogens is 231 g/mol. The molecule has 0 aromatic heterocycles. The number of hydrogen-bond acceptors (Lipinski definition) is 4. The van der Waals surface area contributed by atoms with Crippen molar-refractivity contribution < 1.29 is 4.39 Å². The third kappa shape index (κ3) is 1.87. The fraction of sp³-hybridized carbons (Fsp3) is 0.100. The Kier molecular flexibility index (Phi) is 2.57. The number of nitrogens with one attached hydrogen (secondary N) is 1. The summed E-state index contributed by atoms with van der Waals surface area (Å²) in [7, 11) is 0. The van der Waals surface area contributed by atoms with Crippen molar-refractivity contribution >= 4 is 17.4 Å². The SMILES string of the molecule is NC1=NC(N)(c2ccc(Cl)cc2F)NC=C1. The van der Waals surface area contributed by atoms with Gasteiger partial charge in [0, 0.05) is 11.2 Å². The van der Waals surface area contributed by atoms with Crippen LogP contribution >= 0.6 is 11.6 Å². The zero-order valence-electron chi connectivity index (χ0n) is 8.24. The number of hydrogen-bond donors (Lipinski definition) is 3. The quantitative estimate of drug-likeness (QED) is 0.686. The van der Waals surface area contributed by atoms with Crippen LogP contribution in [0.15, 0.2) is 35.5 Å². The van der Waals surface area contributed by atoms with Crippen LogP contribution in [0.25, 0.3) is 0 Å². The zero-order chi connectivity index (χ0) is 11.8. The lowest BCUT2D eigenvalue weighted by Crippen LogP contribution is -2.50. The molecule has 1 atom stereocenters. The van der Waals surface area contributed by atoms with E-state index >= 15 is 0 Å². The highest BCUT2D eigenvalue weighted by Crippen LogP contribution is 2.24. The van der Waals surface area contributed by atoms with Gasteiger partial charge in [0.2, 0.25) is 5.79 Å². The molecule has 0 fully saturated rings. The van der Waals surface area contributed by atoms with Crippen molar-refractivity contribution in [3.8, 4) is 0 Å². The minimum absolute atomic E-state index is 0.184. The predicted molar refractivity (Wildman–Crippen MR) is 61.2 cm³/mol. The summed E-state index contributed by atoms with van der Waals surface area (Å²) < 4.78 is 13.7. The summed E-state index contributed by atoms with van der Waals surface area (Å²) in [5, 5.41) is 3.05. The molecule has 0 aliphatic carbocycles. The Morgan fingerprint density at radius 2 is 2.19 bits per heavy atom. The molecule has 0 radical (unpaired) electrons. The van der Waals surface area contributed by atoms with Gasteiger partial charge in [0.25, 0.3) is 0 Å². The Morgan fingerprint density at radius 3 is 2.81 bits per heavy atom. The minimum atomic E-state index is -1.38. The molecule has 0 saturated heterocycles. The predicted octanol–water partition coefficient (Wildman–Crippen LogP) is 1.02. The Bertz CT molecular complexity index is 486. The van der Waals surface area contributed by atoms with Crippen molar-refractivity contribution in [1.82, 2.24) is 5.32 Å². The van der Waals surface area contributed by atoms with Crippen LogP contribution in [0.3, 0.4) is 0 Å². The van der Waals surface area contributed by atoms with Gasteiger partial charge in [-0.2, -0.15) is 0 Å². The smallest absolute Gasteiger partial charge is 0.213 e. The zero-order valence-corrected chi connectivity index (χ0v) is 9.00. The molecule has 0 spiro atoms. The lowest BCUT2D eigenvalue weighted by Gasteiger charge is -2.29. The topological polar surface area (TPSA) is 76.4 Å². The van der Waals surface area contributed by atoms with Crippen molar-refractivity contribution in [1.29, 1.82) is 0 Å². The molecule has 5 N–H and O–H groups in total. The first-order valence-electron chi connectivity index (χ1n) is 4.55. The van der Waals surface area contributed by atoms with Gasteiger partial charge >= 0.3 is 0 Å². The van der Waals surface area contributed by atoms with Gasteiger partial charge in [0.15, 0.2) is 0 Å². The third-order valence-corrected chi connectivity index (χ3v) is 2.44. The molecule has 84 valence electrons. The lowest BCUT2D eigenvalue weighted by molar-refractivity contribution is 0.389. The first-order valence-corrected chi connectivity index (χ1v) is 4.93. The van der Waals surface area contributed by atoms with E-state index < -0.39 is 11.6 Å². The molecule has 1 unspecified atom stereocenters. The molecular formula is C10H10ClFN4. The summed E-state index contributed by atoms with van der Waals surface area (Å²) in [6, 6.07) is 4.19. The van der Waals surface area contributed by atoms with E-state index in [4.69, 9.17) is 23.1 Å².